The van der Waals surface area contributed by atoms with Gasteiger partial charge in [0.15, 0.2) is 0 Å². The summed E-state index contributed by atoms with van der Waals surface area (Å²) in [7, 11) is 0. The van der Waals surface area contributed by atoms with Crippen molar-refractivity contribution in [2.75, 3.05) is 0 Å². The Hall–Kier alpha value is -0.830. The van der Waals surface area contributed by atoms with Gasteiger partial charge in [-0.2, -0.15) is 0 Å². The summed E-state index contributed by atoms with van der Waals surface area (Å²) < 4.78 is 0. The summed E-state index contributed by atoms with van der Waals surface area (Å²) in [6, 6.07) is 0. The largest absolute Gasteiger partial charge is 0.481 e. The lowest BCUT2D eigenvalue weighted by Crippen LogP contribution is -2.21. The molecule has 0 saturated carbocycles. The summed E-state index contributed by atoms with van der Waals surface area (Å²) in [5.74, 6) is 0.0110. The van der Waals surface area contributed by atoms with Gasteiger partial charge in [0.05, 0.1) is 6.10 Å². The quantitative estimate of drug-likeness (QED) is 0.496. The third-order valence-corrected chi connectivity index (χ3v) is 2.81. The molecule has 0 aromatic rings. The third-order valence-electron chi connectivity index (χ3n) is 2.81. The molecule has 16 heavy (non-hydrogen) atoms. The number of carboxylic acid groups (broad SMARTS) is 1. The summed E-state index contributed by atoms with van der Waals surface area (Å²) in [4.78, 5) is 10.3. The fraction of sp³-hybridized carbons (Fsp3) is 0.769. The monoisotopic (exact) mass is 228 g/mol. The average molecular weight is 228 g/mol. The summed E-state index contributed by atoms with van der Waals surface area (Å²) in [5.41, 5.74) is 0. The Morgan fingerprint density at radius 1 is 1.25 bits per heavy atom. The maximum atomic E-state index is 10.3. The topological polar surface area (TPSA) is 57.5 Å². The van der Waals surface area contributed by atoms with E-state index in [0.29, 0.717) is 12.3 Å². The van der Waals surface area contributed by atoms with E-state index in [0.717, 1.165) is 12.8 Å². The predicted octanol–water partition coefficient (Wildman–Crippen LogP) is 2.84. The molecule has 0 saturated heterocycles. The zero-order valence-corrected chi connectivity index (χ0v) is 10.5. The number of unbranched alkanes of at least 4 members (excludes halogenated alkanes) is 1. The summed E-state index contributed by atoms with van der Waals surface area (Å²) in [5, 5.41) is 18.0. The van der Waals surface area contributed by atoms with Crippen LogP contribution in [0.15, 0.2) is 12.2 Å². The van der Waals surface area contributed by atoms with Gasteiger partial charge in [0.25, 0.3) is 0 Å². The molecule has 0 aromatic heterocycles. The predicted molar refractivity (Wildman–Crippen MR) is 65.3 cm³/mol. The molecular formula is C13H24O3. The lowest BCUT2D eigenvalue weighted by atomic mass is 9.88. The van der Waals surface area contributed by atoms with Crippen molar-refractivity contribution in [2.24, 2.45) is 11.8 Å². The molecule has 0 bridgehead atoms. The van der Waals surface area contributed by atoms with Crippen molar-refractivity contribution in [3.8, 4) is 0 Å². The van der Waals surface area contributed by atoms with Crippen LogP contribution >= 0.6 is 0 Å². The smallest absolute Gasteiger partial charge is 0.303 e. The number of hydrogen-bond acceptors (Lipinski definition) is 2. The minimum Gasteiger partial charge on any atom is -0.481 e. The molecule has 0 radical (unpaired) electrons. The molecule has 0 aliphatic rings. The molecule has 3 heteroatoms. The van der Waals surface area contributed by atoms with E-state index in [4.69, 9.17) is 5.11 Å². The number of aliphatic carboxylic acids is 1. The Morgan fingerprint density at radius 2 is 1.88 bits per heavy atom. The van der Waals surface area contributed by atoms with E-state index >= 15 is 0 Å². The van der Waals surface area contributed by atoms with Gasteiger partial charge in [0.2, 0.25) is 0 Å². The fourth-order valence-electron chi connectivity index (χ4n) is 1.77. The van der Waals surface area contributed by atoms with Crippen LogP contribution in [0.2, 0.25) is 0 Å². The first-order chi connectivity index (χ1) is 7.45. The SMILES string of the molecule is CC(C)C(C/C=C/CCCC(=O)O)C(C)O. The standard InChI is InChI=1S/C13H24O3/c1-10(2)12(11(3)14)8-6-4-5-7-9-13(15)16/h4,6,10-12,14H,5,7-9H2,1-3H3,(H,15,16)/b6-4+. The molecule has 94 valence electrons. The van der Waals surface area contributed by atoms with E-state index in [1.807, 2.05) is 13.0 Å². The van der Waals surface area contributed by atoms with Crippen molar-refractivity contribution in [1.82, 2.24) is 0 Å². The van der Waals surface area contributed by atoms with Gasteiger partial charge < -0.3 is 10.2 Å². The molecule has 3 nitrogen and oxygen atoms in total. The molecule has 2 N–H and O–H groups in total. The van der Waals surface area contributed by atoms with Gasteiger partial charge in [-0.3, -0.25) is 4.79 Å². The molecule has 0 heterocycles. The Kier molecular flexibility index (Phi) is 7.90. The lowest BCUT2D eigenvalue weighted by molar-refractivity contribution is -0.137. The number of carbonyl (C=O) groups is 1. The van der Waals surface area contributed by atoms with Crippen molar-refractivity contribution in [1.29, 1.82) is 0 Å². The van der Waals surface area contributed by atoms with Crippen LogP contribution in [-0.4, -0.2) is 22.3 Å². The van der Waals surface area contributed by atoms with Gasteiger partial charge in [-0.15, -0.1) is 0 Å². The van der Waals surface area contributed by atoms with E-state index < -0.39 is 5.97 Å². The maximum absolute atomic E-state index is 10.3. The number of aliphatic hydroxyl groups is 1. The molecule has 0 aliphatic carbocycles. The number of rotatable bonds is 8. The number of carboxylic acids is 1. The molecule has 0 amide bonds. The minimum atomic E-state index is -0.738. The molecule has 2 atom stereocenters. The van der Waals surface area contributed by atoms with Crippen molar-refractivity contribution in [2.45, 2.75) is 52.6 Å². The summed E-state index contributed by atoms with van der Waals surface area (Å²) >= 11 is 0. The second-order valence-corrected chi connectivity index (χ2v) is 4.64. The normalized spacial score (nSPS) is 15.6. The molecule has 0 spiro atoms. The number of hydrogen-bond donors (Lipinski definition) is 2. The Labute approximate surface area is 98.2 Å². The van der Waals surface area contributed by atoms with Crippen LogP contribution in [0.3, 0.4) is 0 Å². The molecular weight excluding hydrogens is 204 g/mol. The second-order valence-electron chi connectivity index (χ2n) is 4.64. The second kappa shape index (κ2) is 8.34. The Bertz CT molecular complexity index is 211. The van der Waals surface area contributed by atoms with Crippen molar-refractivity contribution >= 4 is 5.97 Å². The lowest BCUT2D eigenvalue weighted by Gasteiger charge is -2.22. The van der Waals surface area contributed by atoms with E-state index in [2.05, 4.69) is 19.9 Å². The zero-order chi connectivity index (χ0) is 12.6. The fourth-order valence-corrected chi connectivity index (χ4v) is 1.77. The average Bonchev–Trinajstić information content (AvgIpc) is 2.14. The first-order valence-electron chi connectivity index (χ1n) is 6.00. The van der Waals surface area contributed by atoms with Crippen LogP contribution < -0.4 is 0 Å². The van der Waals surface area contributed by atoms with E-state index in [1.165, 1.54) is 0 Å². The van der Waals surface area contributed by atoms with Crippen LogP contribution in [0.25, 0.3) is 0 Å². The van der Waals surface area contributed by atoms with Gasteiger partial charge in [-0.1, -0.05) is 26.0 Å². The van der Waals surface area contributed by atoms with Crippen molar-refractivity contribution < 1.29 is 15.0 Å². The van der Waals surface area contributed by atoms with Crippen LogP contribution in [-0.2, 0) is 4.79 Å². The van der Waals surface area contributed by atoms with Crippen molar-refractivity contribution in [3.05, 3.63) is 12.2 Å². The van der Waals surface area contributed by atoms with E-state index in [9.17, 15) is 9.90 Å². The highest BCUT2D eigenvalue weighted by Crippen LogP contribution is 2.20. The number of allylic oxidation sites excluding steroid dienone is 2. The van der Waals surface area contributed by atoms with Crippen LogP contribution in [0.5, 0.6) is 0 Å². The highest BCUT2D eigenvalue weighted by Gasteiger charge is 2.16. The van der Waals surface area contributed by atoms with Gasteiger partial charge in [0.1, 0.15) is 0 Å². The van der Waals surface area contributed by atoms with Crippen LogP contribution in [0.4, 0.5) is 0 Å². The summed E-state index contributed by atoms with van der Waals surface area (Å²) in [6.07, 6.45) is 6.36. The van der Waals surface area contributed by atoms with E-state index in [-0.39, 0.29) is 18.4 Å². The van der Waals surface area contributed by atoms with Crippen LogP contribution in [0.1, 0.15) is 46.5 Å². The number of aliphatic hydroxyl groups excluding tert-OH is 1. The van der Waals surface area contributed by atoms with E-state index in [1.54, 1.807) is 0 Å². The zero-order valence-electron chi connectivity index (χ0n) is 10.5. The maximum Gasteiger partial charge on any atom is 0.303 e. The van der Waals surface area contributed by atoms with Gasteiger partial charge in [0, 0.05) is 6.42 Å². The molecule has 0 fully saturated rings. The Balaban J connectivity index is 3.75. The molecule has 0 aliphatic heterocycles. The Morgan fingerprint density at radius 3 is 2.31 bits per heavy atom. The summed E-state index contributed by atoms with van der Waals surface area (Å²) in [6.45, 7) is 6.04. The van der Waals surface area contributed by atoms with Gasteiger partial charge in [-0.05, 0) is 38.0 Å². The van der Waals surface area contributed by atoms with Gasteiger partial charge in [-0.25, -0.2) is 0 Å². The highest BCUT2D eigenvalue weighted by atomic mass is 16.4. The molecule has 0 rings (SSSR count). The minimum absolute atomic E-state index is 0.231. The first-order valence-corrected chi connectivity index (χ1v) is 6.00. The third kappa shape index (κ3) is 7.46. The van der Waals surface area contributed by atoms with Gasteiger partial charge >= 0.3 is 5.97 Å². The first kappa shape index (κ1) is 15.2. The highest BCUT2D eigenvalue weighted by molar-refractivity contribution is 5.66. The van der Waals surface area contributed by atoms with Crippen molar-refractivity contribution in [3.63, 3.8) is 0 Å². The molecule has 2 unspecified atom stereocenters. The molecule has 0 aromatic carbocycles. The van der Waals surface area contributed by atoms with Crippen LogP contribution in [0, 0.1) is 11.8 Å².